The van der Waals surface area contributed by atoms with Gasteiger partial charge in [0, 0.05) is 53.6 Å². The number of carbonyl (C=O) groups excluding carboxylic acids is 7. The Balaban J connectivity index is 1.30. The number of nitrogens with zero attached hydrogens (tertiary/aromatic N) is 2. The molecule has 3 fully saturated rings. The fraction of sp³-hybridized carbons (Fsp3) is 0.600. The number of morpholine rings is 1. The van der Waals surface area contributed by atoms with Gasteiger partial charge in [0.2, 0.25) is 41.4 Å². The molecule has 6 atom stereocenters. The van der Waals surface area contributed by atoms with Crippen LogP contribution in [-0.4, -0.2) is 168 Å². The second kappa shape index (κ2) is 23.0. The average Bonchev–Trinajstić information content (AvgIpc) is 3.86. The number of amides is 7. The molecule has 2 unspecified atom stereocenters. The number of carboxylic acids is 1. The molecule has 340 valence electrons. The van der Waals surface area contributed by atoms with Gasteiger partial charge >= 0.3 is 5.97 Å². The fourth-order valence-corrected chi connectivity index (χ4v) is 9.74. The van der Waals surface area contributed by atoms with E-state index < -0.39 is 96.6 Å². The van der Waals surface area contributed by atoms with Crippen LogP contribution in [0.1, 0.15) is 51.0 Å². The van der Waals surface area contributed by atoms with E-state index in [1.165, 1.54) is 33.4 Å². The van der Waals surface area contributed by atoms with Crippen molar-refractivity contribution < 1.29 is 57.4 Å². The summed E-state index contributed by atoms with van der Waals surface area (Å²) in [5.41, 5.74) is 7.46. The maximum atomic E-state index is 14.0. The zero-order valence-electron chi connectivity index (χ0n) is 35.0. The van der Waals surface area contributed by atoms with E-state index in [1.807, 2.05) is 30.5 Å². The summed E-state index contributed by atoms with van der Waals surface area (Å²) in [6.07, 6.45) is 2.02. The first-order chi connectivity index (χ1) is 29.6. The smallest absolute Gasteiger partial charge is 0.305 e. The summed E-state index contributed by atoms with van der Waals surface area (Å²) in [6.45, 7) is 4.76. The van der Waals surface area contributed by atoms with Crippen LogP contribution in [-0.2, 0) is 54.4 Å². The number of hydrogen-bond donors (Lipinski definition) is 8. The number of carbonyl (C=O) groups is 8. The Labute approximate surface area is 367 Å². The first kappa shape index (κ1) is 48.1. The highest BCUT2D eigenvalue weighted by atomic mass is 33.1. The molecule has 1 aromatic carbocycles. The SMILES string of the molecule is C[C@@H]1NC(=O)[C@H](CC(=O)O)NC(=O)CNC(=O)C(CCCC[N+]2(C)CCOCC2)NC(=O)CCSSC[C@@H](C(N)=O)NC(=O)[C@@H]2CC(OCc3c[nH]c4ccccc34)CN2C1=O. The minimum absolute atomic E-state index is 0.00768. The number of quaternary nitrogens is 1. The number of aliphatic carboxylic acids is 1. The molecular weight excluding hydrogens is 847 g/mol. The summed E-state index contributed by atoms with van der Waals surface area (Å²) in [4.78, 5) is 110. The van der Waals surface area contributed by atoms with Gasteiger partial charge in [0.05, 0.1) is 52.5 Å². The van der Waals surface area contributed by atoms with Gasteiger partial charge < -0.3 is 61.3 Å². The highest BCUT2D eigenvalue weighted by Gasteiger charge is 2.43. The molecule has 3 aliphatic rings. The molecule has 20 nitrogen and oxygen atoms in total. The summed E-state index contributed by atoms with van der Waals surface area (Å²) in [5, 5.41) is 23.2. The number of aromatic amines is 1. The minimum Gasteiger partial charge on any atom is -0.481 e. The van der Waals surface area contributed by atoms with Crippen molar-refractivity contribution in [3.8, 4) is 0 Å². The van der Waals surface area contributed by atoms with E-state index in [9.17, 15) is 43.5 Å². The first-order valence-corrected chi connectivity index (χ1v) is 23.2. The van der Waals surface area contributed by atoms with E-state index in [2.05, 4.69) is 38.6 Å². The maximum Gasteiger partial charge on any atom is 0.305 e. The number of para-hydroxylation sites is 1. The monoisotopic (exact) mass is 904 g/mol. The van der Waals surface area contributed by atoms with Crippen molar-refractivity contribution >= 4 is 79.8 Å². The number of nitrogens with one attached hydrogen (secondary N) is 6. The van der Waals surface area contributed by atoms with Gasteiger partial charge in [0.15, 0.2) is 0 Å². The number of carboxylic acid groups (broad SMARTS) is 1. The molecule has 7 amide bonds. The number of fused-ring (bicyclic) bond motifs is 2. The van der Waals surface area contributed by atoms with Crippen LogP contribution < -0.4 is 32.3 Å². The number of benzene rings is 1. The predicted molar refractivity (Wildman–Crippen MR) is 230 cm³/mol. The van der Waals surface area contributed by atoms with Gasteiger partial charge in [0.25, 0.3) is 0 Å². The van der Waals surface area contributed by atoms with Gasteiger partial charge in [-0.1, -0.05) is 39.8 Å². The molecule has 0 spiro atoms. The number of ether oxygens (including phenoxy) is 2. The van der Waals surface area contributed by atoms with Crippen LogP contribution in [0.3, 0.4) is 0 Å². The van der Waals surface area contributed by atoms with Gasteiger partial charge in [-0.25, -0.2) is 0 Å². The van der Waals surface area contributed by atoms with Crippen molar-refractivity contribution in [2.75, 3.05) is 64.5 Å². The van der Waals surface area contributed by atoms with Crippen molar-refractivity contribution in [1.82, 2.24) is 36.5 Å². The molecule has 9 N–H and O–H groups in total. The van der Waals surface area contributed by atoms with E-state index in [0.717, 1.165) is 47.0 Å². The Bertz CT molecular complexity index is 1940. The molecule has 3 saturated heterocycles. The molecule has 2 aromatic rings. The third kappa shape index (κ3) is 14.1. The molecule has 3 aliphatic heterocycles. The van der Waals surface area contributed by atoms with Crippen LogP contribution >= 0.6 is 21.6 Å². The van der Waals surface area contributed by atoms with Gasteiger partial charge in [-0.15, -0.1) is 0 Å². The molecule has 5 rings (SSSR count). The summed E-state index contributed by atoms with van der Waals surface area (Å²) >= 11 is 0. The molecule has 0 saturated carbocycles. The second-order valence-corrected chi connectivity index (χ2v) is 18.7. The predicted octanol–water partition coefficient (Wildman–Crippen LogP) is -0.878. The zero-order chi connectivity index (χ0) is 44.8. The number of likely N-dealkylation sites (N-methyl/N-ethyl adjacent to an activating group) is 1. The topological polar surface area (TPSA) is 280 Å². The lowest BCUT2D eigenvalue weighted by Gasteiger charge is -2.37. The number of rotatable bonds is 11. The molecule has 0 aliphatic carbocycles. The van der Waals surface area contributed by atoms with E-state index >= 15 is 0 Å². The van der Waals surface area contributed by atoms with Crippen molar-refractivity contribution in [3.05, 3.63) is 36.0 Å². The number of nitrogens with two attached hydrogens (primary N) is 1. The highest BCUT2D eigenvalue weighted by molar-refractivity contribution is 8.76. The first-order valence-electron chi connectivity index (χ1n) is 20.7. The summed E-state index contributed by atoms with van der Waals surface area (Å²) in [5.74, 6) is -6.22. The van der Waals surface area contributed by atoms with Crippen molar-refractivity contribution in [2.24, 2.45) is 5.73 Å². The van der Waals surface area contributed by atoms with Gasteiger partial charge in [-0.05, 0) is 32.3 Å². The van der Waals surface area contributed by atoms with E-state index in [4.69, 9.17) is 15.2 Å². The Morgan fingerprint density at radius 2 is 1.69 bits per heavy atom. The maximum absolute atomic E-state index is 14.0. The van der Waals surface area contributed by atoms with Crippen LogP contribution in [0, 0.1) is 0 Å². The number of aromatic nitrogens is 1. The quantitative estimate of drug-likeness (QED) is 0.0774. The van der Waals surface area contributed by atoms with E-state index in [-0.39, 0.29) is 43.9 Å². The molecule has 0 bridgehead atoms. The highest BCUT2D eigenvalue weighted by Crippen LogP contribution is 2.27. The molecule has 4 heterocycles. The lowest BCUT2D eigenvalue weighted by molar-refractivity contribution is -0.917. The van der Waals surface area contributed by atoms with Gasteiger partial charge in [-0.3, -0.25) is 38.4 Å². The summed E-state index contributed by atoms with van der Waals surface area (Å²) < 4.78 is 12.5. The molecule has 62 heavy (non-hydrogen) atoms. The minimum atomic E-state index is -1.65. The summed E-state index contributed by atoms with van der Waals surface area (Å²) in [7, 11) is 4.63. The number of unbranched alkanes of at least 4 members (excludes halogenated alkanes) is 1. The average molecular weight is 905 g/mol. The lowest BCUT2D eigenvalue weighted by Crippen LogP contribution is -2.58. The Hall–Kier alpha value is -4.90. The largest absolute Gasteiger partial charge is 0.481 e. The number of hydrogen-bond acceptors (Lipinski definition) is 12. The normalized spacial score (nSPS) is 26.4. The number of H-pyrrole nitrogens is 1. The Morgan fingerprint density at radius 1 is 0.952 bits per heavy atom. The van der Waals surface area contributed by atoms with Crippen LogP contribution in [0.5, 0.6) is 0 Å². The Morgan fingerprint density at radius 3 is 2.44 bits per heavy atom. The molecule has 1 aromatic heterocycles. The standard InChI is InChI=1S/C40H57N9O11S2/c1-24-40(58)48-21-26(60-22-25-19-42-28-8-4-3-7-27(25)28)17-32(48)39(57)47-31(36(41)54)23-62-61-16-10-33(50)45-29(9-5-6-11-49(2)12-14-59-15-13-49)37(55)43-20-34(51)46-30(18-35(52)53)38(56)44-24/h3-4,7-8,19,24,26,29-32,42H,5-6,9-18,20-23H2,1-2H3,(H7-,41,43,44,45,46,47,50,51,52,53,54,55,56,57)/p+1/t24-,26?,29?,30-,31-,32-/m0/s1. The zero-order valence-corrected chi connectivity index (χ0v) is 36.6. The van der Waals surface area contributed by atoms with Crippen LogP contribution in [0.4, 0.5) is 0 Å². The molecular formula is C40H58N9O11S2+. The molecule has 0 radical (unpaired) electrons. The van der Waals surface area contributed by atoms with Crippen molar-refractivity contribution in [1.29, 1.82) is 0 Å². The van der Waals surface area contributed by atoms with Crippen LogP contribution in [0.2, 0.25) is 0 Å². The fourth-order valence-electron chi connectivity index (χ4n) is 7.57. The van der Waals surface area contributed by atoms with Crippen molar-refractivity contribution in [3.63, 3.8) is 0 Å². The van der Waals surface area contributed by atoms with E-state index in [1.54, 1.807) is 0 Å². The second-order valence-electron chi connectivity index (χ2n) is 16.0. The third-order valence-corrected chi connectivity index (χ3v) is 13.6. The molecule has 22 heteroatoms. The van der Waals surface area contributed by atoms with E-state index in [0.29, 0.717) is 19.6 Å². The lowest BCUT2D eigenvalue weighted by atomic mass is 10.1. The van der Waals surface area contributed by atoms with Gasteiger partial charge in [-0.2, -0.15) is 0 Å². The summed E-state index contributed by atoms with van der Waals surface area (Å²) in [6, 6.07) is 1.40. The third-order valence-electron chi connectivity index (χ3n) is 11.2. The van der Waals surface area contributed by atoms with Crippen LogP contribution in [0.15, 0.2) is 30.5 Å². The van der Waals surface area contributed by atoms with Crippen LogP contribution in [0.25, 0.3) is 10.9 Å². The van der Waals surface area contributed by atoms with Crippen molar-refractivity contribution in [2.45, 2.75) is 88.4 Å². The van der Waals surface area contributed by atoms with Gasteiger partial charge in [0.1, 0.15) is 43.3 Å². The number of primary amides is 1. The Kier molecular flexibility index (Phi) is 17.8.